The minimum Gasteiger partial charge on any atom is -0.365 e. The van der Waals surface area contributed by atoms with Gasteiger partial charge in [0.05, 0.1) is 12.6 Å². The highest BCUT2D eigenvalue weighted by molar-refractivity contribution is 7.90. The number of sulfonamides is 1. The number of nitrogens with zero attached hydrogens (tertiary/aromatic N) is 2. The van der Waals surface area contributed by atoms with Crippen LogP contribution >= 0.6 is 0 Å². The van der Waals surface area contributed by atoms with E-state index >= 15 is 0 Å². The molecule has 0 unspecified atom stereocenters. The molecule has 3 atom stereocenters. The lowest BCUT2D eigenvalue weighted by Crippen LogP contribution is -2.58. The van der Waals surface area contributed by atoms with Gasteiger partial charge < -0.3 is 15.0 Å². The van der Waals surface area contributed by atoms with Gasteiger partial charge in [0.1, 0.15) is 10.9 Å². The molecule has 0 aromatic heterocycles. The molecule has 8 heteroatoms. The van der Waals surface area contributed by atoms with Crippen molar-refractivity contribution in [3.05, 3.63) is 35.9 Å². The van der Waals surface area contributed by atoms with Gasteiger partial charge in [0.15, 0.2) is 0 Å². The Morgan fingerprint density at radius 2 is 2.08 bits per heavy atom. The Balaban J connectivity index is 1.40. The quantitative estimate of drug-likeness (QED) is 0.840. The third-order valence-corrected chi connectivity index (χ3v) is 8.13. The SMILES string of the molecule is CCN1C[C@@]23CN(C(=O)NCCc4ccccc4)C[C@@H](C[C@@H]2S1(=O)=O)O3. The fraction of sp³-hybridized carbons (Fsp3) is 0.611. The first-order valence-electron chi connectivity index (χ1n) is 9.18. The predicted octanol–water partition coefficient (Wildman–Crippen LogP) is 0.816. The maximum Gasteiger partial charge on any atom is 0.317 e. The van der Waals surface area contributed by atoms with Crippen LogP contribution in [-0.2, 0) is 21.2 Å². The molecule has 3 heterocycles. The lowest BCUT2D eigenvalue weighted by Gasteiger charge is -2.39. The number of ether oxygens (including phenoxy) is 1. The number of fused-ring (bicyclic) bond motifs is 1. The molecule has 1 aromatic carbocycles. The number of hydrogen-bond acceptors (Lipinski definition) is 4. The Kier molecular flexibility index (Phi) is 4.45. The highest BCUT2D eigenvalue weighted by atomic mass is 32.2. The highest BCUT2D eigenvalue weighted by Gasteiger charge is 2.65. The van der Waals surface area contributed by atoms with Crippen LogP contribution in [0.4, 0.5) is 4.79 Å². The second-order valence-corrected chi connectivity index (χ2v) is 9.46. The van der Waals surface area contributed by atoms with Crippen molar-refractivity contribution >= 4 is 16.1 Å². The summed E-state index contributed by atoms with van der Waals surface area (Å²) < 4.78 is 32.9. The Morgan fingerprint density at radius 3 is 2.81 bits per heavy atom. The summed E-state index contributed by atoms with van der Waals surface area (Å²) in [5.74, 6) is 0. The number of urea groups is 1. The van der Waals surface area contributed by atoms with Gasteiger partial charge in [-0.3, -0.25) is 0 Å². The second-order valence-electron chi connectivity index (χ2n) is 7.35. The van der Waals surface area contributed by atoms with Crippen molar-refractivity contribution in [1.29, 1.82) is 0 Å². The van der Waals surface area contributed by atoms with E-state index in [2.05, 4.69) is 5.32 Å². The average Bonchev–Trinajstić information content (AvgIpc) is 3.01. The molecule has 0 aliphatic carbocycles. The number of carbonyl (C=O) groups is 1. The molecule has 0 radical (unpaired) electrons. The molecule has 3 fully saturated rings. The summed E-state index contributed by atoms with van der Waals surface area (Å²) in [5.41, 5.74) is 0.406. The predicted molar refractivity (Wildman–Crippen MR) is 97.3 cm³/mol. The van der Waals surface area contributed by atoms with Crippen molar-refractivity contribution in [3.8, 4) is 0 Å². The lowest BCUT2D eigenvalue weighted by molar-refractivity contribution is -0.0952. The Labute approximate surface area is 154 Å². The van der Waals surface area contributed by atoms with E-state index in [1.807, 2.05) is 37.3 Å². The van der Waals surface area contributed by atoms with Crippen LogP contribution in [0.1, 0.15) is 18.9 Å². The van der Waals surface area contributed by atoms with Gasteiger partial charge >= 0.3 is 6.03 Å². The largest absolute Gasteiger partial charge is 0.365 e. The zero-order chi connectivity index (χ0) is 18.4. The summed E-state index contributed by atoms with van der Waals surface area (Å²) in [7, 11) is -3.33. The van der Waals surface area contributed by atoms with Crippen molar-refractivity contribution in [3.63, 3.8) is 0 Å². The normalized spacial score (nSPS) is 32.4. The maximum absolute atomic E-state index is 12.7. The Morgan fingerprint density at radius 1 is 1.31 bits per heavy atom. The number of morpholine rings is 1. The monoisotopic (exact) mass is 379 g/mol. The van der Waals surface area contributed by atoms with Crippen LogP contribution in [0.25, 0.3) is 0 Å². The first-order valence-corrected chi connectivity index (χ1v) is 10.7. The van der Waals surface area contributed by atoms with Crippen molar-refractivity contribution in [2.75, 3.05) is 32.7 Å². The summed E-state index contributed by atoms with van der Waals surface area (Å²) in [4.78, 5) is 14.3. The third kappa shape index (κ3) is 2.90. The molecule has 0 saturated carbocycles. The summed E-state index contributed by atoms with van der Waals surface area (Å²) in [5, 5.41) is 2.43. The van der Waals surface area contributed by atoms with Crippen LogP contribution in [0.2, 0.25) is 0 Å². The third-order valence-electron chi connectivity index (χ3n) is 5.68. The van der Waals surface area contributed by atoms with E-state index in [4.69, 9.17) is 4.74 Å². The number of nitrogens with one attached hydrogen (secondary N) is 1. The van der Waals surface area contributed by atoms with Gasteiger partial charge in [-0.15, -0.1) is 0 Å². The number of rotatable bonds is 4. The summed E-state index contributed by atoms with van der Waals surface area (Å²) in [6.45, 7) is 3.97. The summed E-state index contributed by atoms with van der Waals surface area (Å²) in [6, 6.07) is 9.87. The molecule has 1 aromatic rings. The van der Waals surface area contributed by atoms with E-state index in [1.54, 1.807) is 4.90 Å². The number of likely N-dealkylation sites (N-methyl/N-ethyl adjacent to an activating group) is 1. The minimum absolute atomic E-state index is 0.137. The molecule has 4 rings (SSSR count). The van der Waals surface area contributed by atoms with Gasteiger partial charge in [0, 0.05) is 26.2 Å². The van der Waals surface area contributed by atoms with Gasteiger partial charge in [-0.2, -0.15) is 4.31 Å². The molecule has 3 aliphatic rings. The molecule has 3 saturated heterocycles. The van der Waals surface area contributed by atoms with Gasteiger partial charge in [-0.25, -0.2) is 13.2 Å². The summed E-state index contributed by atoms with van der Waals surface area (Å²) in [6.07, 6.45) is 1.06. The van der Waals surface area contributed by atoms with E-state index in [9.17, 15) is 13.2 Å². The number of benzene rings is 1. The molecule has 3 aliphatic heterocycles. The molecule has 2 amide bonds. The molecule has 26 heavy (non-hydrogen) atoms. The molecule has 142 valence electrons. The number of likely N-dealkylation sites (tertiary alicyclic amines) is 1. The van der Waals surface area contributed by atoms with Crippen LogP contribution in [0.15, 0.2) is 30.3 Å². The van der Waals surface area contributed by atoms with Gasteiger partial charge in [-0.1, -0.05) is 37.3 Å². The molecule has 1 N–H and O–H groups in total. The van der Waals surface area contributed by atoms with Crippen LogP contribution in [0.3, 0.4) is 0 Å². The Bertz CT molecular complexity index is 785. The molecule has 2 bridgehead atoms. The molecular formula is C18H25N3O4S. The molecule has 1 spiro atoms. The van der Waals surface area contributed by atoms with Crippen LogP contribution < -0.4 is 5.32 Å². The lowest BCUT2D eigenvalue weighted by atomic mass is 9.99. The maximum atomic E-state index is 12.7. The van der Waals surface area contributed by atoms with Gasteiger partial charge in [0.2, 0.25) is 10.0 Å². The number of hydrogen-bond donors (Lipinski definition) is 1. The van der Waals surface area contributed by atoms with Gasteiger partial charge in [-0.05, 0) is 18.4 Å². The first kappa shape index (κ1) is 17.8. The zero-order valence-electron chi connectivity index (χ0n) is 14.9. The zero-order valence-corrected chi connectivity index (χ0v) is 15.7. The highest BCUT2D eigenvalue weighted by Crippen LogP contribution is 2.46. The van der Waals surface area contributed by atoms with Crippen LogP contribution in [-0.4, -0.2) is 73.3 Å². The smallest absolute Gasteiger partial charge is 0.317 e. The standard InChI is InChI=1S/C18H25N3O4S/c1-2-21-13-18-12-20(11-15(25-18)10-16(18)26(21,23)24)17(22)19-9-8-14-6-4-3-5-7-14/h3-7,15-16H,2,8-13H2,1H3,(H,19,22)/t15-,16+,18+/m1/s1. The van der Waals surface area contributed by atoms with Crippen LogP contribution in [0.5, 0.6) is 0 Å². The molecule has 7 nitrogen and oxygen atoms in total. The van der Waals surface area contributed by atoms with E-state index in [1.165, 1.54) is 9.87 Å². The van der Waals surface area contributed by atoms with E-state index < -0.39 is 20.9 Å². The van der Waals surface area contributed by atoms with E-state index in [0.717, 1.165) is 6.42 Å². The minimum atomic E-state index is -3.33. The summed E-state index contributed by atoms with van der Waals surface area (Å²) >= 11 is 0. The van der Waals surface area contributed by atoms with E-state index in [-0.39, 0.29) is 12.1 Å². The van der Waals surface area contributed by atoms with Crippen molar-refractivity contribution in [1.82, 2.24) is 14.5 Å². The van der Waals surface area contributed by atoms with Crippen molar-refractivity contribution in [2.24, 2.45) is 0 Å². The van der Waals surface area contributed by atoms with Crippen molar-refractivity contribution in [2.45, 2.75) is 36.7 Å². The van der Waals surface area contributed by atoms with Crippen molar-refractivity contribution < 1.29 is 17.9 Å². The topological polar surface area (TPSA) is 79.0 Å². The number of carbonyl (C=O) groups excluding carboxylic acids is 1. The van der Waals surface area contributed by atoms with E-state index in [0.29, 0.717) is 39.1 Å². The number of amides is 2. The average molecular weight is 379 g/mol. The molecular weight excluding hydrogens is 354 g/mol. The second kappa shape index (κ2) is 6.51. The van der Waals surface area contributed by atoms with Crippen LogP contribution in [0, 0.1) is 0 Å². The fourth-order valence-electron chi connectivity index (χ4n) is 4.46. The first-order chi connectivity index (χ1) is 12.4. The Hall–Kier alpha value is -1.64. The fourth-order valence-corrected chi connectivity index (χ4v) is 6.78. The van der Waals surface area contributed by atoms with Gasteiger partial charge in [0.25, 0.3) is 0 Å².